The van der Waals surface area contributed by atoms with Gasteiger partial charge in [-0.15, -0.1) is 0 Å². The van der Waals surface area contributed by atoms with E-state index in [0.29, 0.717) is 56.6 Å². The molecule has 0 bridgehead atoms. The minimum absolute atomic E-state index is 0.0155. The fourth-order valence-electron chi connectivity index (χ4n) is 8.02. The Balaban J connectivity index is 1.32. The number of fused-ring (bicyclic) bond motifs is 3. The molecule has 2 aliphatic carbocycles. The predicted octanol–water partition coefficient (Wildman–Crippen LogP) is 5.05. The van der Waals surface area contributed by atoms with Crippen LogP contribution < -0.4 is 15.4 Å². The van der Waals surface area contributed by atoms with Gasteiger partial charge in [-0.3, -0.25) is 24.0 Å². The maximum atomic E-state index is 14.8. The molecule has 7 atom stereocenters. The molecule has 320 valence electrons. The zero-order valence-corrected chi connectivity index (χ0v) is 34.6. The Morgan fingerprint density at radius 1 is 1.09 bits per heavy atom. The van der Waals surface area contributed by atoms with Crippen molar-refractivity contribution in [3.05, 3.63) is 47.3 Å². The second-order valence-electron chi connectivity index (χ2n) is 17.6. The lowest BCUT2D eigenvalue weighted by molar-refractivity contribution is -0.152. The number of nitrogens with one attached hydrogen (secondary N) is 3. The summed E-state index contributed by atoms with van der Waals surface area (Å²) in [5.41, 5.74) is -2.98. The molecule has 6 rings (SSSR count). The zero-order valence-electron chi connectivity index (χ0n) is 33.7. The normalized spacial score (nSPS) is 29.8. The molecule has 3 fully saturated rings. The Bertz CT molecular complexity index is 1970. The standard InChI is InChI=1S/C40H54F3N5O9S/c1-7-24-17-23(2)11-8-9-13-26-19-40(26,34(51)46-58(54,55)38(5)15-16-38)45-32(49)30-18-27(56-36(53)47-20-25-12-10-14-29(41)28(25)22-47)21-48(30)33(50)31(24)44-35(52)57-37(3,4)39(6,42)43/h9-10,12-14,23-24,26-27,30-31H,7-8,11,15-22H2,1-6H3,(H,44,52)(H,45,49)(H,46,51). The van der Waals surface area contributed by atoms with E-state index in [-0.39, 0.29) is 38.4 Å². The Kier molecular flexibility index (Phi) is 11.7. The number of alkyl carbamates (subject to hydrolysis) is 1. The first-order chi connectivity index (χ1) is 27.0. The average molecular weight is 838 g/mol. The van der Waals surface area contributed by atoms with E-state index in [1.807, 2.05) is 19.9 Å². The molecule has 0 radical (unpaired) electrons. The van der Waals surface area contributed by atoms with Gasteiger partial charge in [0.05, 0.1) is 17.8 Å². The number of halogens is 3. The van der Waals surface area contributed by atoms with Crippen molar-refractivity contribution in [1.82, 2.24) is 25.2 Å². The molecule has 3 N–H and O–H groups in total. The van der Waals surface area contributed by atoms with Crippen molar-refractivity contribution in [2.24, 2.45) is 17.8 Å². The van der Waals surface area contributed by atoms with Gasteiger partial charge in [0.25, 0.3) is 11.8 Å². The SMILES string of the molecule is CCC1CC(C)CCC=CC2CC2(C(=O)NS(=O)(=O)C2(C)CC2)NC(=O)C2CC(OC(=O)N3Cc4cccc(F)c4C3)CN2C(=O)C1NC(=O)OC(C)(C)C(C)(F)F. The lowest BCUT2D eigenvalue weighted by Crippen LogP contribution is -2.60. The summed E-state index contributed by atoms with van der Waals surface area (Å²) in [6, 6.07) is 1.74. The van der Waals surface area contributed by atoms with Gasteiger partial charge in [0.15, 0.2) is 5.60 Å². The van der Waals surface area contributed by atoms with Gasteiger partial charge in [-0.2, -0.15) is 0 Å². The Hall–Kier alpha value is -4.35. The number of alkyl halides is 2. The summed E-state index contributed by atoms with van der Waals surface area (Å²) in [4.78, 5) is 72.4. The van der Waals surface area contributed by atoms with E-state index in [1.165, 1.54) is 24.0 Å². The minimum Gasteiger partial charge on any atom is -0.444 e. The first kappa shape index (κ1) is 43.2. The molecule has 5 aliphatic rings. The van der Waals surface area contributed by atoms with Crippen molar-refractivity contribution in [2.45, 2.75) is 146 Å². The second kappa shape index (κ2) is 15.7. The highest BCUT2D eigenvalue weighted by Gasteiger charge is 2.63. The molecular weight excluding hydrogens is 784 g/mol. The molecule has 1 aromatic carbocycles. The quantitative estimate of drug-likeness (QED) is 0.302. The minimum atomic E-state index is -4.09. The summed E-state index contributed by atoms with van der Waals surface area (Å²) in [5.74, 6) is -7.57. The molecule has 1 saturated heterocycles. The Morgan fingerprint density at radius 3 is 2.43 bits per heavy atom. The van der Waals surface area contributed by atoms with E-state index < -0.39 is 97.6 Å². The highest BCUT2D eigenvalue weighted by atomic mass is 32.2. The average Bonchev–Trinajstić information content (AvgIpc) is 3.92. The van der Waals surface area contributed by atoms with Gasteiger partial charge in [0, 0.05) is 31.4 Å². The summed E-state index contributed by atoms with van der Waals surface area (Å²) in [7, 11) is -4.09. The number of amides is 5. The first-order valence-electron chi connectivity index (χ1n) is 20.0. The number of carbonyl (C=O) groups excluding carboxylic acids is 5. The molecular formula is C40H54F3N5O9S. The van der Waals surface area contributed by atoms with Gasteiger partial charge >= 0.3 is 12.2 Å². The second-order valence-corrected chi connectivity index (χ2v) is 19.8. The van der Waals surface area contributed by atoms with Gasteiger partial charge in [0.1, 0.15) is 29.5 Å². The number of ether oxygens (including phenoxy) is 2. The van der Waals surface area contributed by atoms with Crippen molar-refractivity contribution in [1.29, 1.82) is 0 Å². The van der Waals surface area contributed by atoms with Crippen LogP contribution in [-0.2, 0) is 47.0 Å². The van der Waals surface area contributed by atoms with Crippen LogP contribution in [0.4, 0.5) is 22.8 Å². The van der Waals surface area contributed by atoms with Crippen LogP contribution in [0.25, 0.3) is 0 Å². The summed E-state index contributed by atoms with van der Waals surface area (Å²) in [5, 5.41) is 5.29. The van der Waals surface area contributed by atoms with E-state index in [1.54, 1.807) is 12.1 Å². The molecule has 3 aliphatic heterocycles. The van der Waals surface area contributed by atoms with Gasteiger partial charge in [-0.25, -0.2) is 31.2 Å². The van der Waals surface area contributed by atoms with Crippen LogP contribution in [0.2, 0.25) is 0 Å². The fraction of sp³-hybridized carbons (Fsp3) is 0.675. The van der Waals surface area contributed by atoms with E-state index in [2.05, 4.69) is 15.4 Å². The third-order valence-corrected chi connectivity index (χ3v) is 14.9. The van der Waals surface area contributed by atoms with Gasteiger partial charge in [-0.05, 0) is 82.8 Å². The number of sulfonamides is 1. The van der Waals surface area contributed by atoms with E-state index in [4.69, 9.17) is 9.47 Å². The fourth-order valence-corrected chi connectivity index (χ4v) is 9.33. The van der Waals surface area contributed by atoms with E-state index in [9.17, 15) is 45.6 Å². The lowest BCUT2D eigenvalue weighted by Gasteiger charge is -2.35. The third-order valence-electron chi connectivity index (χ3n) is 12.7. The van der Waals surface area contributed by atoms with Crippen LogP contribution in [0.15, 0.2) is 30.4 Å². The monoisotopic (exact) mass is 837 g/mol. The van der Waals surface area contributed by atoms with Crippen LogP contribution in [0.5, 0.6) is 0 Å². The summed E-state index contributed by atoms with van der Waals surface area (Å²) < 4.78 is 81.8. The maximum absolute atomic E-state index is 14.8. The Morgan fingerprint density at radius 2 is 1.79 bits per heavy atom. The van der Waals surface area contributed by atoms with Crippen molar-refractivity contribution >= 4 is 39.9 Å². The molecule has 14 nitrogen and oxygen atoms in total. The number of hydrogen-bond acceptors (Lipinski definition) is 9. The van der Waals surface area contributed by atoms with Gasteiger partial charge in [-0.1, -0.05) is 44.6 Å². The van der Waals surface area contributed by atoms with Crippen LogP contribution in [0.1, 0.15) is 104 Å². The van der Waals surface area contributed by atoms with Crippen molar-refractivity contribution in [3.63, 3.8) is 0 Å². The molecule has 1 aromatic rings. The van der Waals surface area contributed by atoms with Crippen LogP contribution in [0, 0.1) is 23.6 Å². The molecule has 58 heavy (non-hydrogen) atoms. The number of allylic oxidation sites excluding steroid dienone is 1. The number of carbonyl (C=O) groups is 5. The molecule has 0 aromatic heterocycles. The number of nitrogens with zero attached hydrogens (tertiary/aromatic N) is 2. The zero-order chi connectivity index (χ0) is 42.6. The van der Waals surface area contributed by atoms with E-state index >= 15 is 0 Å². The highest BCUT2D eigenvalue weighted by molar-refractivity contribution is 7.91. The summed E-state index contributed by atoms with van der Waals surface area (Å²) in [6.45, 7) is 7.66. The van der Waals surface area contributed by atoms with Crippen molar-refractivity contribution in [3.8, 4) is 0 Å². The van der Waals surface area contributed by atoms with Gasteiger partial charge < -0.3 is 25.0 Å². The number of benzene rings is 1. The Labute approximate surface area is 337 Å². The smallest absolute Gasteiger partial charge is 0.410 e. The van der Waals surface area contributed by atoms with Crippen molar-refractivity contribution in [2.75, 3.05) is 6.54 Å². The lowest BCUT2D eigenvalue weighted by atomic mass is 9.85. The molecule has 0 spiro atoms. The van der Waals surface area contributed by atoms with E-state index in [0.717, 1.165) is 18.7 Å². The maximum Gasteiger partial charge on any atom is 0.410 e. The van der Waals surface area contributed by atoms with Crippen LogP contribution >= 0.6 is 0 Å². The topological polar surface area (TPSA) is 181 Å². The molecule has 5 amide bonds. The molecule has 3 heterocycles. The molecule has 18 heteroatoms. The summed E-state index contributed by atoms with van der Waals surface area (Å²) >= 11 is 0. The summed E-state index contributed by atoms with van der Waals surface area (Å²) in [6.07, 6.45) is 3.00. The number of rotatable bonds is 8. The molecule has 2 saturated carbocycles. The largest absolute Gasteiger partial charge is 0.444 e. The van der Waals surface area contributed by atoms with Crippen LogP contribution in [0.3, 0.4) is 0 Å². The predicted molar refractivity (Wildman–Crippen MR) is 204 cm³/mol. The molecule has 7 unspecified atom stereocenters. The van der Waals surface area contributed by atoms with Gasteiger partial charge in [0.2, 0.25) is 21.8 Å². The first-order valence-corrected chi connectivity index (χ1v) is 21.4. The van der Waals surface area contributed by atoms with Crippen LogP contribution in [-0.4, -0.2) is 94.7 Å². The number of hydrogen-bond donors (Lipinski definition) is 3. The third kappa shape index (κ3) is 8.67. The highest BCUT2D eigenvalue weighted by Crippen LogP contribution is 2.48. The van der Waals surface area contributed by atoms with Crippen molar-refractivity contribution < 1.29 is 55.0 Å².